The van der Waals surface area contributed by atoms with Crippen molar-refractivity contribution in [1.29, 1.82) is 0 Å². The van der Waals surface area contributed by atoms with Crippen molar-refractivity contribution in [1.82, 2.24) is 0 Å². The van der Waals surface area contributed by atoms with Crippen molar-refractivity contribution in [3.63, 3.8) is 0 Å². The molecule has 0 N–H and O–H groups in total. The molecule has 3 nitrogen and oxygen atoms in total. The maximum Gasteiger partial charge on any atom is 0.336 e. The fourth-order valence-electron chi connectivity index (χ4n) is 1.97. The van der Waals surface area contributed by atoms with Crippen LogP contribution in [0.25, 0.3) is 11.0 Å². The van der Waals surface area contributed by atoms with Gasteiger partial charge in [-0.05, 0) is 43.9 Å². The Morgan fingerprint density at radius 2 is 1.84 bits per heavy atom. The molecule has 0 amide bonds. The molecule has 0 aliphatic heterocycles. The van der Waals surface area contributed by atoms with Gasteiger partial charge in [0.15, 0.2) is 0 Å². The molecule has 3 heteroatoms. The van der Waals surface area contributed by atoms with Gasteiger partial charge in [0.25, 0.3) is 0 Å². The number of benzene rings is 1. The maximum absolute atomic E-state index is 11.2. The summed E-state index contributed by atoms with van der Waals surface area (Å²) in [6.07, 6.45) is 2.33. The van der Waals surface area contributed by atoms with Gasteiger partial charge >= 0.3 is 5.63 Å². The van der Waals surface area contributed by atoms with Gasteiger partial charge < -0.3 is 9.15 Å². The second-order valence-corrected chi connectivity index (χ2v) is 5.35. The lowest BCUT2D eigenvalue weighted by molar-refractivity contribution is 0.201. The molecule has 0 saturated heterocycles. The zero-order valence-electron chi connectivity index (χ0n) is 11.7. The zero-order chi connectivity index (χ0) is 13.8. The van der Waals surface area contributed by atoms with Crippen LogP contribution >= 0.6 is 0 Å². The fraction of sp³-hybridized carbons (Fsp3) is 0.438. The molecule has 1 unspecified atom stereocenters. The number of hydrogen-bond donors (Lipinski definition) is 0. The first-order valence-corrected chi connectivity index (χ1v) is 6.75. The second-order valence-electron chi connectivity index (χ2n) is 5.35. The molecule has 1 aromatic heterocycles. The Kier molecular flexibility index (Phi) is 4.25. The van der Waals surface area contributed by atoms with E-state index >= 15 is 0 Å². The fourth-order valence-corrected chi connectivity index (χ4v) is 1.97. The third kappa shape index (κ3) is 3.85. The lowest BCUT2D eigenvalue weighted by Crippen LogP contribution is -2.12. The molecule has 0 bridgehead atoms. The summed E-state index contributed by atoms with van der Waals surface area (Å²) in [5, 5.41) is 0.904. The number of ether oxygens (including phenoxy) is 1. The van der Waals surface area contributed by atoms with E-state index in [2.05, 4.69) is 20.8 Å². The van der Waals surface area contributed by atoms with Gasteiger partial charge in [0.05, 0.1) is 6.10 Å². The van der Waals surface area contributed by atoms with Crippen LogP contribution in [0.5, 0.6) is 5.75 Å². The molecular weight excluding hydrogens is 240 g/mol. The first-order chi connectivity index (χ1) is 9.04. The molecule has 0 radical (unpaired) electrons. The van der Waals surface area contributed by atoms with Crippen LogP contribution in [-0.2, 0) is 0 Å². The van der Waals surface area contributed by atoms with Crippen LogP contribution in [0.1, 0.15) is 33.6 Å². The zero-order valence-corrected chi connectivity index (χ0v) is 11.7. The molecule has 1 heterocycles. The lowest BCUT2D eigenvalue weighted by Gasteiger charge is -2.15. The Labute approximate surface area is 113 Å². The first kappa shape index (κ1) is 13.7. The Balaban J connectivity index is 2.10. The minimum Gasteiger partial charge on any atom is -0.491 e. The minimum atomic E-state index is -0.336. The van der Waals surface area contributed by atoms with Crippen LogP contribution in [0.3, 0.4) is 0 Å². The molecule has 2 rings (SSSR count). The quantitative estimate of drug-likeness (QED) is 0.763. The predicted octanol–water partition coefficient (Wildman–Crippen LogP) is 4.00. The van der Waals surface area contributed by atoms with Crippen LogP contribution in [0.15, 0.2) is 39.5 Å². The molecule has 0 fully saturated rings. The highest BCUT2D eigenvalue weighted by molar-refractivity contribution is 5.77. The third-order valence-electron chi connectivity index (χ3n) is 3.08. The standard InChI is InChI=1S/C16H20O3/c1-11(2)4-5-12(3)18-14-8-6-13-7-9-16(17)19-15(13)10-14/h6-12H,4-5H2,1-3H3. The number of hydrogen-bond acceptors (Lipinski definition) is 3. The largest absolute Gasteiger partial charge is 0.491 e. The summed E-state index contributed by atoms with van der Waals surface area (Å²) < 4.78 is 11.0. The van der Waals surface area contributed by atoms with Crippen molar-refractivity contribution in [3.8, 4) is 5.75 Å². The molecule has 0 saturated carbocycles. The highest BCUT2D eigenvalue weighted by atomic mass is 16.5. The van der Waals surface area contributed by atoms with Crippen molar-refractivity contribution in [2.24, 2.45) is 5.92 Å². The van der Waals surface area contributed by atoms with E-state index in [9.17, 15) is 4.79 Å². The topological polar surface area (TPSA) is 39.4 Å². The van der Waals surface area contributed by atoms with Gasteiger partial charge in [-0.2, -0.15) is 0 Å². The molecule has 0 spiro atoms. The van der Waals surface area contributed by atoms with Gasteiger partial charge in [-0.25, -0.2) is 4.79 Å². The van der Waals surface area contributed by atoms with E-state index in [1.54, 1.807) is 12.1 Å². The van der Waals surface area contributed by atoms with Crippen molar-refractivity contribution in [2.75, 3.05) is 0 Å². The van der Waals surface area contributed by atoms with E-state index in [1.165, 1.54) is 6.07 Å². The second kappa shape index (κ2) is 5.91. The highest BCUT2D eigenvalue weighted by Crippen LogP contribution is 2.21. The summed E-state index contributed by atoms with van der Waals surface area (Å²) in [4.78, 5) is 11.2. The van der Waals surface area contributed by atoms with Gasteiger partial charge in [-0.1, -0.05) is 13.8 Å². The van der Waals surface area contributed by atoms with Crippen LogP contribution < -0.4 is 10.4 Å². The molecule has 0 aliphatic carbocycles. The monoisotopic (exact) mass is 260 g/mol. The van der Waals surface area contributed by atoms with E-state index in [4.69, 9.17) is 9.15 Å². The van der Waals surface area contributed by atoms with Crippen molar-refractivity contribution < 1.29 is 9.15 Å². The van der Waals surface area contributed by atoms with E-state index in [-0.39, 0.29) is 11.7 Å². The van der Waals surface area contributed by atoms with E-state index in [0.717, 1.165) is 24.0 Å². The Morgan fingerprint density at radius 3 is 2.58 bits per heavy atom. The van der Waals surface area contributed by atoms with Gasteiger partial charge in [-0.15, -0.1) is 0 Å². The molecular formula is C16H20O3. The van der Waals surface area contributed by atoms with Gasteiger partial charge in [-0.3, -0.25) is 0 Å². The molecule has 102 valence electrons. The van der Waals surface area contributed by atoms with Crippen LogP contribution in [0.4, 0.5) is 0 Å². The molecule has 19 heavy (non-hydrogen) atoms. The smallest absolute Gasteiger partial charge is 0.336 e. The number of rotatable bonds is 5. The molecule has 2 aromatic rings. The molecule has 1 aromatic carbocycles. The summed E-state index contributed by atoms with van der Waals surface area (Å²) in [6.45, 7) is 6.47. The Bertz CT molecular complexity index is 598. The van der Waals surface area contributed by atoms with Crippen molar-refractivity contribution in [3.05, 3.63) is 40.8 Å². The Morgan fingerprint density at radius 1 is 1.11 bits per heavy atom. The van der Waals surface area contributed by atoms with Crippen LogP contribution in [-0.4, -0.2) is 6.10 Å². The summed E-state index contributed by atoms with van der Waals surface area (Å²) >= 11 is 0. The van der Waals surface area contributed by atoms with Crippen LogP contribution in [0.2, 0.25) is 0 Å². The SMILES string of the molecule is CC(C)CCC(C)Oc1ccc2ccc(=O)oc2c1. The Hall–Kier alpha value is -1.77. The van der Waals surface area contributed by atoms with E-state index < -0.39 is 0 Å². The summed E-state index contributed by atoms with van der Waals surface area (Å²) in [7, 11) is 0. The number of fused-ring (bicyclic) bond motifs is 1. The van der Waals surface area contributed by atoms with Crippen LogP contribution in [0, 0.1) is 5.92 Å². The van der Waals surface area contributed by atoms with Crippen molar-refractivity contribution >= 4 is 11.0 Å². The average Bonchev–Trinajstić information content (AvgIpc) is 2.36. The van der Waals surface area contributed by atoms with E-state index in [0.29, 0.717) is 11.5 Å². The normalized spacial score (nSPS) is 12.8. The first-order valence-electron chi connectivity index (χ1n) is 6.75. The maximum atomic E-state index is 11.2. The summed E-state index contributed by atoms with van der Waals surface area (Å²) in [5.74, 6) is 1.43. The van der Waals surface area contributed by atoms with Gasteiger partial charge in [0.1, 0.15) is 11.3 Å². The summed E-state index contributed by atoms with van der Waals surface area (Å²) in [5.41, 5.74) is 0.235. The average molecular weight is 260 g/mol. The van der Waals surface area contributed by atoms with E-state index in [1.807, 2.05) is 12.1 Å². The third-order valence-corrected chi connectivity index (χ3v) is 3.08. The lowest BCUT2D eigenvalue weighted by atomic mass is 10.1. The van der Waals surface area contributed by atoms with Gasteiger partial charge in [0, 0.05) is 17.5 Å². The molecule has 1 atom stereocenters. The predicted molar refractivity (Wildman–Crippen MR) is 76.6 cm³/mol. The summed E-state index contributed by atoms with van der Waals surface area (Å²) in [6, 6.07) is 8.78. The highest BCUT2D eigenvalue weighted by Gasteiger charge is 2.07. The van der Waals surface area contributed by atoms with Gasteiger partial charge in [0.2, 0.25) is 0 Å². The molecule has 0 aliphatic rings. The van der Waals surface area contributed by atoms with Crippen molar-refractivity contribution in [2.45, 2.75) is 39.7 Å². The minimum absolute atomic E-state index is 0.162.